The van der Waals surface area contributed by atoms with E-state index in [4.69, 9.17) is 0 Å². The average Bonchev–Trinajstić information content (AvgIpc) is 3.12. The van der Waals surface area contributed by atoms with Crippen LogP contribution in [-0.2, 0) is 0 Å². The van der Waals surface area contributed by atoms with Gasteiger partial charge in [0, 0.05) is 20.9 Å². The van der Waals surface area contributed by atoms with Crippen molar-refractivity contribution in [1.82, 2.24) is 9.88 Å². The van der Waals surface area contributed by atoms with Crippen LogP contribution in [0, 0.1) is 0 Å². The third-order valence-electron chi connectivity index (χ3n) is 4.10. The number of hydrogen-bond donors (Lipinski definition) is 1. The summed E-state index contributed by atoms with van der Waals surface area (Å²) in [4.78, 5) is 23.6. The van der Waals surface area contributed by atoms with E-state index < -0.39 is 0 Å². The van der Waals surface area contributed by atoms with Gasteiger partial charge in [-0.1, -0.05) is 30.3 Å². The molecule has 0 aliphatic carbocycles. The summed E-state index contributed by atoms with van der Waals surface area (Å²) in [7, 11) is 0. The van der Waals surface area contributed by atoms with Crippen LogP contribution in [-0.4, -0.2) is 34.8 Å². The third kappa shape index (κ3) is 3.24. The van der Waals surface area contributed by atoms with Crippen LogP contribution in [0.5, 0.6) is 0 Å². The highest BCUT2D eigenvalue weighted by atomic mass is 79.9. The number of aliphatic imine (C=N–C) groups is 1. The Morgan fingerprint density at radius 2 is 1.77 bits per heavy atom. The highest BCUT2D eigenvalue weighted by Crippen LogP contribution is 2.31. The van der Waals surface area contributed by atoms with E-state index in [0.717, 1.165) is 25.5 Å². The molecule has 0 spiro atoms. The first-order valence-electron chi connectivity index (χ1n) is 8.06. The fourth-order valence-corrected chi connectivity index (χ4v) is 4.00. The molecule has 0 fully saturated rings. The molecule has 0 radical (unpaired) electrons. The maximum atomic E-state index is 13.0. The number of pyridine rings is 1. The predicted octanol–water partition coefficient (Wildman–Crippen LogP) is 4.68. The van der Waals surface area contributed by atoms with Gasteiger partial charge in [0.25, 0.3) is 5.91 Å². The lowest BCUT2D eigenvalue weighted by atomic mass is 10.2. The molecule has 1 aromatic heterocycles. The molecule has 0 unspecified atom stereocenters. The van der Waals surface area contributed by atoms with Crippen molar-refractivity contribution in [3.8, 4) is 0 Å². The Morgan fingerprint density at radius 3 is 2.58 bits per heavy atom. The fourth-order valence-electron chi connectivity index (χ4n) is 2.80. The van der Waals surface area contributed by atoms with Crippen LogP contribution >= 0.6 is 31.9 Å². The van der Waals surface area contributed by atoms with Gasteiger partial charge in [0.2, 0.25) is 5.96 Å². The lowest BCUT2D eigenvalue weighted by Gasteiger charge is -2.20. The molecule has 3 aromatic rings. The topological polar surface area (TPSA) is 57.6 Å². The van der Waals surface area contributed by atoms with Gasteiger partial charge in [0.1, 0.15) is 5.69 Å². The number of anilines is 1. The normalized spacial score (nSPS) is 13.8. The quantitative estimate of drug-likeness (QED) is 0.587. The molecular weight excluding hydrogens is 460 g/mol. The Balaban J connectivity index is 1.62. The Hall–Kier alpha value is -2.25. The maximum Gasteiger partial charge on any atom is 0.279 e. The molecule has 2 heterocycles. The number of hydrogen-bond acceptors (Lipinski definition) is 4. The van der Waals surface area contributed by atoms with Gasteiger partial charge in [-0.15, -0.1) is 0 Å². The SMILES string of the molecule is O=C(c1ccc2ccccc2n1)N1CCN=C1Nc1c(Br)cccc1Br. The Labute approximate surface area is 167 Å². The summed E-state index contributed by atoms with van der Waals surface area (Å²) < 4.78 is 1.77. The number of carbonyl (C=O) groups excluding carboxylic acids is 1. The molecule has 7 heteroatoms. The maximum absolute atomic E-state index is 13.0. The summed E-state index contributed by atoms with van der Waals surface area (Å²) in [6.45, 7) is 1.08. The molecule has 1 aliphatic rings. The zero-order chi connectivity index (χ0) is 18.1. The number of amides is 1. The van der Waals surface area contributed by atoms with Crippen LogP contribution in [0.25, 0.3) is 10.9 Å². The molecule has 1 aliphatic heterocycles. The number of fused-ring (bicyclic) bond motifs is 1. The zero-order valence-electron chi connectivity index (χ0n) is 13.6. The van der Waals surface area contributed by atoms with E-state index >= 15 is 0 Å². The van der Waals surface area contributed by atoms with E-state index in [1.165, 1.54) is 0 Å². The molecule has 1 amide bonds. The molecule has 0 saturated heterocycles. The lowest BCUT2D eigenvalue weighted by Crippen LogP contribution is -2.38. The molecule has 2 aromatic carbocycles. The number of nitrogens with zero attached hydrogens (tertiary/aromatic N) is 3. The molecular formula is C19H14Br2N4O. The Bertz CT molecular complexity index is 1010. The molecule has 0 atom stereocenters. The Morgan fingerprint density at radius 1 is 1.00 bits per heavy atom. The molecule has 26 heavy (non-hydrogen) atoms. The van der Waals surface area contributed by atoms with Crippen molar-refractivity contribution in [2.24, 2.45) is 4.99 Å². The average molecular weight is 474 g/mol. The summed E-state index contributed by atoms with van der Waals surface area (Å²) in [5, 5.41) is 4.26. The van der Waals surface area contributed by atoms with Crippen molar-refractivity contribution in [3.63, 3.8) is 0 Å². The van der Waals surface area contributed by atoms with Gasteiger partial charge in [-0.25, -0.2) is 4.98 Å². The summed E-state index contributed by atoms with van der Waals surface area (Å²) in [5.74, 6) is 0.361. The van der Waals surface area contributed by atoms with E-state index in [1.807, 2.05) is 48.5 Å². The molecule has 5 nitrogen and oxygen atoms in total. The number of guanidine groups is 1. The van der Waals surface area contributed by atoms with Crippen LogP contribution in [0.1, 0.15) is 10.5 Å². The number of benzene rings is 2. The Kier molecular flexibility index (Phi) is 4.74. The van der Waals surface area contributed by atoms with Gasteiger partial charge < -0.3 is 5.32 Å². The summed E-state index contributed by atoms with van der Waals surface area (Å²) in [5.41, 5.74) is 2.04. The van der Waals surface area contributed by atoms with Crippen molar-refractivity contribution in [3.05, 3.63) is 69.2 Å². The van der Waals surface area contributed by atoms with Crippen molar-refractivity contribution in [2.75, 3.05) is 18.4 Å². The molecule has 0 saturated carbocycles. The zero-order valence-corrected chi connectivity index (χ0v) is 16.8. The highest BCUT2D eigenvalue weighted by molar-refractivity contribution is 9.11. The van der Waals surface area contributed by atoms with Crippen LogP contribution in [0.2, 0.25) is 0 Å². The minimum absolute atomic E-state index is 0.164. The predicted molar refractivity (Wildman–Crippen MR) is 111 cm³/mol. The van der Waals surface area contributed by atoms with Gasteiger partial charge in [0.05, 0.1) is 17.7 Å². The van der Waals surface area contributed by atoms with Crippen molar-refractivity contribution >= 4 is 60.3 Å². The smallest absolute Gasteiger partial charge is 0.279 e. The van der Waals surface area contributed by atoms with E-state index in [9.17, 15) is 4.79 Å². The number of rotatable bonds is 2. The summed E-state index contributed by atoms with van der Waals surface area (Å²) in [6.07, 6.45) is 0. The van der Waals surface area contributed by atoms with E-state index in [2.05, 4.69) is 47.2 Å². The number of para-hydroxylation sites is 2. The first-order valence-corrected chi connectivity index (χ1v) is 9.65. The largest absolute Gasteiger partial charge is 0.324 e. The van der Waals surface area contributed by atoms with Gasteiger partial charge >= 0.3 is 0 Å². The second-order valence-electron chi connectivity index (χ2n) is 5.77. The van der Waals surface area contributed by atoms with Crippen molar-refractivity contribution < 1.29 is 4.79 Å². The number of nitrogens with one attached hydrogen (secondary N) is 1. The van der Waals surface area contributed by atoms with Crippen LogP contribution in [0.4, 0.5) is 5.69 Å². The van der Waals surface area contributed by atoms with Crippen LogP contribution in [0.15, 0.2) is 68.5 Å². The second kappa shape index (κ2) is 7.17. The summed E-state index contributed by atoms with van der Waals surface area (Å²) in [6, 6.07) is 17.2. The van der Waals surface area contributed by atoms with Gasteiger partial charge in [-0.05, 0) is 56.1 Å². The van der Waals surface area contributed by atoms with Crippen molar-refractivity contribution in [1.29, 1.82) is 0 Å². The van der Waals surface area contributed by atoms with E-state index in [0.29, 0.717) is 24.7 Å². The molecule has 0 bridgehead atoms. The van der Waals surface area contributed by atoms with E-state index in [1.54, 1.807) is 11.0 Å². The van der Waals surface area contributed by atoms with Crippen LogP contribution in [0.3, 0.4) is 0 Å². The molecule has 130 valence electrons. The minimum Gasteiger partial charge on any atom is -0.324 e. The van der Waals surface area contributed by atoms with Gasteiger partial charge in [-0.2, -0.15) is 0 Å². The van der Waals surface area contributed by atoms with Crippen molar-refractivity contribution in [2.45, 2.75) is 0 Å². The molecule has 1 N–H and O–H groups in total. The number of carbonyl (C=O) groups is 1. The first-order chi connectivity index (χ1) is 12.6. The molecule has 4 rings (SSSR count). The standard InChI is InChI=1S/C19H14Br2N4O/c20-13-5-3-6-14(21)17(13)24-19-22-10-11-25(19)18(26)16-9-8-12-4-1-2-7-15(12)23-16/h1-9H,10-11H2,(H,22,24). The monoisotopic (exact) mass is 472 g/mol. The highest BCUT2D eigenvalue weighted by Gasteiger charge is 2.26. The fraction of sp³-hybridized carbons (Fsp3) is 0.105. The number of halogens is 2. The third-order valence-corrected chi connectivity index (χ3v) is 5.42. The summed E-state index contributed by atoms with van der Waals surface area (Å²) >= 11 is 7.04. The first kappa shape index (κ1) is 17.2. The lowest BCUT2D eigenvalue weighted by molar-refractivity contribution is 0.0852. The van der Waals surface area contributed by atoms with E-state index in [-0.39, 0.29) is 5.91 Å². The number of aromatic nitrogens is 1. The second-order valence-corrected chi connectivity index (χ2v) is 7.48. The van der Waals surface area contributed by atoms with Crippen LogP contribution < -0.4 is 5.32 Å². The van der Waals surface area contributed by atoms with Gasteiger partial charge in [0.15, 0.2) is 0 Å². The van der Waals surface area contributed by atoms with Gasteiger partial charge in [-0.3, -0.25) is 14.7 Å². The minimum atomic E-state index is -0.164.